The number of rotatable bonds is 4. The molecule has 21 heavy (non-hydrogen) atoms. The molecule has 118 valence electrons. The van der Waals surface area contributed by atoms with Gasteiger partial charge < -0.3 is 5.11 Å². The van der Waals surface area contributed by atoms with Crippen molar-refractivity contribution in [2.45, 2.75) is 50.2 Å². The molecule has 0 aliphatic carbocycles. The van der Waals surface area contributed by atoms with Crippen LogP contribution in [0.15, 0.2) is 17.0 Å². The number of aliphatic hydroxyl groups excluding tert-OH is 1. The fourth-order valence-electron chi connectivity index (χ4n) is 2.75. The summed E-state index contributed by atoms with van der Waals surface area (Å²) in [5.74, 6) is 0. The third-order valence-electron chi connectivity index (χ3n) is 3.94. The van der Waals surface area contributed by atoms with Crippen LogP contribution in [0.1, 0.15) is 38.2 Å². The van der Waals surface area contributed by atoms with Gasteiger partial charge >= 0.3 is 0 Å². The summed E-state index contributed by atoms with van der Waals surface area (Å²) < 4.78 is 27.3. The van der Waals surface area contributed by atoms with E-state index in [0.717, 1.165) is 25.7 Å². The minimum absolute atomic E-state index is 0.00747. The van der Waals surface area contributed by atoms with Crippen molar-refractivity contribution in [2.75, 3.05) is 6.54 Å². The summed E-state index contributed by atoms with van der Waals surface area (Å²) in [4.78, 5) is 0.0259. The predicted molar refractivity (Wildman–Crippen MR) is 84.2 cm³/mol. The molecule has 7 heteroatoms. The first kappa shape index (κ1) is 17.0. The average molecular weight is 352 g/mol. The van der Waals surface area contributed by atoms with E-state index in [0.29, 0.717) is 6.54 Å². The molecule has 1 saturated heterocycles. The van der Waals surface area contributed by atoms with Crippen LogP contribution < -0.4 is 0 Å². The summed E-state index contributed by atoms with van der Waals surface area (Å²) in [6.45, 7) is 2.10. The molecule has 0 bridgehead atoms. The highest BCUT2D eigenvalue weighted by Crippen LogP contribution is 2.35. The van der Waals surface area contributed by atoms with E-state index in [1.807, 2.05) is 6.92 Å². The van der Waals surface area contributed by atoms with E-state index in [4.69, 9.17) is 23.2 Å². The molecule has 0 saturated carbocycles. The molecule has 1 aromatic rings. The van der Waals surface area contributed by atoms with Crippen LogP contribution in [0.25, 0.3) is 0 Å². The maximum atomic E-state index is 12.9. The number of benzene rings is 1. The van der Waals surface area contributed by atoms with Crippen LogP contribution in [0.2, 0.25) is 10.0 Å². The number of nitrogens with zero attached hydrogens (tertiary/aromatic N) is 1. The molecule has 1 fully saturated rings. The zero-order valence-electron chi connectivity index (χ0n) is 11.8. The zero-order chi connectivity index (χ0) is 15.6. The second-order valence-electron chi connectivity index (χ2n) is 5.17. The average Bonchev–Trinajstić information content (AvgIpc) is 2.47. The normalized spacial score (nSPS) is 20.7. The van der Waals surface area contributed by atoms with Gasteiger partial charge in [0.15, 0.2) is 0 Å². The lowest BCUT2D eigenvalue weighted by Gasteiger charge is -2.34. The Labute approximate surface area is 135 Å². The largest absolute Gasteiger partial charge is 0.392 e. The standard InChI is InChI=1S/C14H19Cl2NO3S/c1-2-10-5-3-4-8-17(10)21(19,20)13-7-6-12(15)11(9-18)14(13)16/h6-7,10,18H,2-5,8-9H2,1H3. The molecule has 0 spiro atoms. The van der Waals surface area contributed by atoms with Crippen LogP contribution >= 0.6 is 23.2 Å². The van der Waals surface area contributed by atoms with Crippen molar-refractivity contribution in [2.24, 2.45) is 0 Å². The number of hydrogen-bond acceptors (Lipinski definition) is 3. The molecule has 0 amide bonds. The van der Waals surface area contributed by atoms with Crippen molar-refractivity contribution < 1.29 is 13.5 Å². The second-order valence-corrected chi connectivity index (χ2v) is 7.81. The number of halogens is 2. The minimum atomic E-state index is -3.67. The van der Waals surface area contributed by atoms with Gasteiger partial charge in [-0.05, 0) is 31.4 Å². The second kappa shape index (κ2) is 6.84. The van der Waals surface area contributed by atoms with Crippen LogP contribution in [0, 0.1) is 0 Å². The maximum absolute atomic E-state index is 12.9. The predicted octanol–water partition coefficient (Wildman–Crippen LogP) is 3.44. The molecule has 4 nitrogen and oxygen atoms in total. The Bertz CT molecular complexity index is 619. The van der Waals surface area contributed by atoms with Gasteiger partial charge in [-0.3, -0.25) is 0 Å². The topological polar surface area (TPSA) is 57.6 Å². The van der Waals surface area contributed by atoms with Gasteiger partial charge in [0, 0.05) is 23.2 Å². The van der Waals surface area contributed by atoms with Crippen LogP contribution in [-0.4, -0.2) is 30.4 Å². The quantitative estimate of drug-likeness (QED) is 0.903. The lowest BCUT2D eigenvalue weighted by Crippen LogP contribution is -2.43. The molecule has 0 radical (unpaired) electrons. The summed E-state index contributed by atoms with van der Waals surface area (Å²) in [6, 6.07) is 2.89. The van der Waals surface area contributed by atoms with Crippen LogP contribution in [0.4, 0.5) is 0 Å². The molecule has 1 heterocycles. The summed E-state index contributed by atoms with van der Waals surface area (Å²) in [6.07, 6.45) is 3.54. The van der Waals surface area contributed by atoms with Gasteiger partial charge in [0.2, 0.25) is 10.0 Å². The van der Waals surface area contributed by atoms with Gasteiger partial charge in [-0.25, -0.2) is 8.42 Å². The summed E-state index contributed by atoms with van der Waals surface area (Å²) >= 11 is 12.1. The number of piperidine rings is 1. The SMILES string of the molecule is CCC1CCCCN1S(=O)(=O)c1ccc(Cl)c(CO)c1Cl. The molecule has 0 aromatic heterocycles. The highest BCUT2D eigenvalue weighted by molar-refractivity contribution is 7.89. The molecule has 1 atom stereocenters. The van der Waals surface area contributed by atoms with Crippen molar-refractivity contribution >= 4 is 33.2 Å². The number of aliphatic hydroxyl groups is 1. The Morgan fingerprint density at radius 2 is 2.05 bits per heavy atom. The van der Waals surface area contributed by atoms with Crippen molar-refractivity contribution in [1.29, 1.82) is 0 Å². The van der Waals surface area contributed by atoms with E-state index in [9.17, 15) is 13.5 Å². The molecule has 1 N–H and O–H groups in total. The molecule has 2 rings (SSSR count). The van der Waals surface area contributed by atoms with E-state index >= 15 is 0 Å². The minimum Gasteiger partial charge on any atom is -0.392 e. The Morgan fingerprint density at radius 1 is 1.33 bits per heavy atom. The first-order valence-corrected chi connectivity index (χ1v) is 9.22. The molecular weight excluding hydrogens is 333 g/mol. The Balaban J connectivity index is 2.49. The van der Waals surface area contributed by atoms with Crippen molar-refractivity contribution in [3.63, 3.8) is 0 Å². The van der Waals surface area contributed by atoms with E-state index in [1.54, 1.807) is 0 Å². The highest BCUT2D eigenvalue weighted by Gasteiger charge is 2.34. The highest BCUT2D eigenvalue weighted by atomic mass is 35.5. The summed E-state index contributed by atoms with van der Waals surface area (Å²) in [7, 11) is -3.67. The first-order chi connectivity index (χ1) is 9.93. The molecule has 1 aliphatic rings. The first-order valence-electron chi connectivity index (χ1n) is 7.03. The van der Waals surface area contributed by atoms with E-state index in [2.05, 4.69) is 0 Å². The number of hydrogen-bond donors (Lipinski definition) is 1. The Morgan fingerprint density at radius 3 is 2.67 bits per heavy atom. The van der Waals surface area contributed by atoms with Gasteiger partial charge in [0.25, 0.3) is 0 Å². The summed E-state index contributed by atoms with van der Waals surface area (Å²) in [5, 5.41) is 9.61. The zero-order valence-corrected chi connectivity index (χ0v) is 14.2. The molecule has 1 aliphatic heterocycles. The third kappa shape index (κ3) is 3.22. The molecular formula is C14H19Cl2NO3S. The maximum Gasteiger partial charge on any atom is 0.244 e. The lowest BCUT2D eigenvalue weighted by molar-refractivity contribution is 0.246. The van der Waals surface area contributed by atoms with Crippen LogP contribution in [0.3, 0.4) is 0 Å². The molecule has 1 aromatic carbocycles. The van der Waals surface area contributed by atoms with Gasteiger partial charge in [-0.15, -0.1) is 0 Å². The van der Waals surface area contributed by atoms with Crippen molar-refractivity contribution in [3.05, 3.63) is 27.7 Å². The van der Waals surface area contributed by atoms with E-state index in [1.165, 1.54) is 16.4 Å². The third-order valence-corrected chi connectivity index (χ3v) is 6.83. The van der Waals surface area contributed by atoms with Crippen LogP contribution in [-0.2, 0) is 16.6 Å². The number of sulfonamides is 1. The van der Waals surface area contributed by atoms with Crippen molar-refractivity contribution in [1.82, 2.24) is 4.31 Å². The summed E-state index contributed by atoms with van der Waals surface area (Å²) in [5.41, 5.74) is 0.254. The Hall–Kier alpha value is -0.330. The van der Waals surface area contributed by atoms with Gasteiger partial charge in [0.1, 0.15) is 4.90 Å². The fourth-order valence-corrected chi connectivity index (χ4v) is 5.39. The van der Waals surface area contributed by atoms with Gasteiger partial charge in [-0.1, -0.05) is 36.5 Å². The van der Waals surface area contributed by atoms with Gasteiger partial charge in [-0.2, -0.15) is 4.31 Å². The van der Waals surface area contributed by atoms with Crippen LogP contribution in [0.5, 0.6) is 0 Å². The fraction of sp³-hybridized carbons (Fsp3) is 0.571. The lowest BCUT2D eigenvalue weighted by atomic mass is 10.0. The smallest absolute Gasteiger partial charge is 0.244 e. The molecule has 1 unspecified atom stereocenters. The van der Waals surface area contributed by atoms with E-state index < -0.39 is 16.6 Å². The van der Waals surface area contributed by atoms with Crippen molar-refractivity contribution in [3.8, 4) is 0 Å². The van der Waals surface area contributed by atoms with E-state index in [-0.39, 0.29) is 26.5 Å². The Kier molecular flexibility index (Phi) is 5.54. The monoisotopic (exact) mass is 351 g/mol. The van der Waals surface area contributed by atoms with Gasteiger partial charge in [0.05, 0.1) is 11.6 Å².